The van der Waals surface area contributed by atoms with Crippen molar-refractivity contribution >= 4 is 110 Å². The maximum Gasteiger partial charge on any atom is 0.426 e. The van der Waals surface area contributed by atoms with E-state index in [0.29, 0.717) is 31.6 Å². The Morgan fingerprint density at radius 3 is 2.03 bits per heavy atom. The Balaban J connectivity index is 0.000000221. The van der Waals surface area contributed by atoms with E-state index in [1.807, 2.05) is 29.6 Å². The number of nitrogens with two attached hydrogens (primary N) is 1. The molecule has 4 aromatic heterocycles. The number of methoxy groups -OCH3 is 2. The third-order valence-electron chi connectivity index (χ3n) is 7.82. The zero-order valence-electron chi connectivity index (χ0n) is 46.4. The van der Waals surface area contributed by atoms with Crippen molar-refractivity contribution in [3.63, 3.8) is 0 Å². The fourth-order valence-electron chi connectivity index (χ4n) is 5.45. The Bertz CT molecular complexity index is 3270. The normalized spacial score (nSPS) is 21.2. The molecule has 6 aromatic rings. The van der Waals surface area contributed by atoms with Crippen molar-refractivity contribution in [1.29, 1.82) is 0 Å². The van der Waals surface area contributed by atoms with Crippen LogP contribution in [-0.2, 0) is 33.4 Å². The van der Waals surface area contributed by atoms with Crippen LogP contribution in [0.15, 0.2) is 60.9 Å². The van der Waals surface area contributed by atoms with Crippen molar-refractivity contribution in [2.45, 2.75) is 78.5 Å². The van der Waals surface area contributed by atoms with Gasteiger partial charge in [0.05, 0.1) is 57.4 Å². The molecule has 1 saturated heterocycles. The van der Waals surface area contributed by atoms with Crippen LogP contribution in [0.3, 0.4) is 0 Å². The van der Waals surface area contributed by atoms with Crippen LogP contribution in [0.4, 0.5) is 21.0 Å². The minimum absolute atomic E-state index is 0.0344. The first kappa shape index (κ1) is 32.8. The highest BCUT2D eigenvalue weighted by molar-refractivity contribution is 7.85. The molecule has 2 amide bonds. The lowest BCUT2D eigenvalue weighted by molar-refractivity contribution is 0.0364. The van der Waals surface area contributed by atoms with Gasteiger partial charge in [0, 0.05) is 64.1 Å². The van der Waals surface area contributed by atoms with Gasteiger partial charge < -0.3 is 35.3 Å². The van der Waals surface area contributed by atoms with E-state index in [-0.39, 0.29) is 10.6 Å². The first-order valence-electron chi connectivity index (χ1n) is 24.0. The third kappa shape index (κ3) is 11.2. The van der Waals surface area contributed by atoms with Gasteiger partial charge in [0.25, 0.3) is 0 Å². The second-order valence-corrected chi connectivity index (χ2v) is 18.1. The lowest BCUT2D eigenvalue weighted by atomic mass is 10.1. The monoisotopic (exact) mass is 922 g/mol. The number of nitrogens with zero attached hydrogens (tertiary/aromatic N) is 3. The number of alkyl carbamates (subject to hydrolysis) is 1. The van der Waals surface area contributed by atoms with Gasteiger partial charge in [-0.1, -0.05) is 12.1 Å². The second-order valence-electron chi connectivity index (χ2n) is 14.6. The average Bonchev–Trinajstić information content (AvgIpc) is 3.85. The number of carbonyl (C=O) groups is 4. The largest absolute Gasteiger partial charge is 0.465 e. The van der Waals surface area contributed by atoms with Crippen molar-refractivity contribution in [2.75, 3.05) is 38.3 Å². The summed E-state index contributed by atoms with van der Waals surface area (Å²) in [5.74, 6) is -1.18. The number of fused-ring (bicyclic) bond motifs is 6. The van der Waals surface area contributed by atoms with E-state index < -0.39 is 88.7 Å². The highest BCUT2D eigenvalue weighted by atomic mass is 32.2. The van der Waals surface area contributed by atoms with E-state index >= 15 is 0 Å². The standard InChI is InChI=1S/C21H25N3O4S.C13H10N2O2S.C8H15NO5S/c1-12(24-20(26)28-21(2,3)4)11-23-17-16-13-7-6-10-22-14(13)8-9-15(16)29-18(17)19(25)27-5;1-17-13(16)12-11(14)10-7-3-2-6-15-8(7)4-5-9(10)18-12;1-6-5-13-15(11,12)9(6)7(10)14-8(2,3)4/h6-10,12,23H,11H2,1-5H3,(H,24,26);2-6H,14H2,1H3;6H,5H2,1-4H3/i1D3,11D2,12D;;1D3,5D2,6D. The Morgan fingerprint density at radius 1 is 0.935 bits per heavy atom. The van der Waals surface area contributed by atoms with Crippen molar-refractivity contribution in [1.82, 2.24) is 19.6 Å². The first-order valence-corrected chi connectivity index (χ1v) is 21.0. The molecule has 0 spiro atoms. The molecule has 332 valence electrons. The first-order chi connectivity index (χ1) is 33.7. The summed E-state index contributed by atoms with van der Waals surface area (Å²) in [6.07, 6.45) is 0.322. The third-order valence-corrected chi connectivity index (χ3v) is 11.2. The Kier molecular flexibility index (Phi) is 10.1. The number of benzene rings is 2. The Hall–Kier alpha value is -5.83. The summed E-state index contributed by atoms with van der Waals surface area (Å²) < 4.78 is 141. The summed E-state index contributed by atoms with van der Waals surface area (Å²) in [6, 6.07) is 7.76. The van der Waals surface area contributed by atoms with E-state index in [1.54, 1.807) is 57.4 Å². The van der Waals surface area contributed by atoms with Crippen LogP contribution < -0.4 is 16.4 Å². The smallest absolute Gasteiger partial charge is 0.426 e. The van der Waals surface area contributed by atoms with Gasteiger partial charge in [0.1, 0.15) is 21.0 Å². The van der Waals surface area contributed by atoms with E-state index in [0.717, 1.165) is 39.4 Å². The molecule has 2 unspecified atom stereocenters. The minimum atomic E-state index is -5.12. The topological polar surface area (TPSA) is 228 Å². The zero-order chi connectivity index (χ0) is 56.2. The van der Waals surface area contributed by atoms with Crippen molar-refractivity contribution in [3.05, 3.63) is 70.7 Å². The molecule has 1 aliphatic heterocycles. The Labute approximate surface area is 383 Å². The number of esters is 2. The molecule has 4 N–H and O–H groups in total. The second kappa shape index (κ2) is 19.1. The molecule has 0 saturated carbocycles. The number of aromatic nitrogens is 2. The molecule has 20 heteroatoms. The maximum absolute atomic E-state index is 12.6. The quantitative estimate of drug-likeness (QED) is 0.106. The number of carbonyl (C=O) groups excluding carboxylic acids is 4. The summed E-state index contributed by atoms with van der Waals surface area (Å²) in [5.41, 5.74) is 5.68. The molecule has 0 bridgehead atoms. The van der Waals surface area contributed by atoms with Gasteiger partial charge in [-0.2, -0.15) is 12.7 Å². The van der Waals surface area contributed by atoms with E-state index in [1.165, 1.54) is 39.2 Å². The molecule has 2 atom stereocenters. The predicted molar refractivity (Wildman–Crippen MR) is 241 cm³/mol. The summed E-state index contributed by atoms with van der Waals surface area (Å²) >= 11 is 2.35. The molecular weight excluding hydrogens is 861 g/mol. The lowest BCUT2D eigenvalue weighted by Gasteiger charge is -2.24. The fraction of sp³-hybridized carbons (Fsp3) is 0.381. The van der Waals surface area contributed by atoms with Crippen molar-refractivity contribution in [3.8, 4) is 0 Å². The number of ether oxygens (including phenoxy) is 4. The van der Waals surface area contributed by atoms with Crippen LogP contribution in [0.2, 0.25) is 0 Å². The molecule has 1 fully saturated rings. The van der Waals surface area contributed by atoms with Gasteiger partial charge >= 0.3 is 34.4 Å². The summed E-state index contributed by atoms with van der Waals surface area (Å²) in [5, 5.41) is 7.11. The number of pyridine rings is 2. The number of hydrogen-bond acceptors (Lipinski definition) is 17. The predicted octanol–water partition coefficient (Wildman–Crippen LogP) is 8.27. The van der Waals surface area contributed by atoms with Crippen LogP contribution in [0.5, 0.6) is 0 Å². The SMILES string of the molecule is COC(=O)c1sc2ccc3ncccc3c2c1N.[2H]C([2H])([2H])C([2H])(NC(=O)OC(C)(C)C)C([2H])([2H])Nc1c(C(=O)OC)sc2ccc3ncccc3c12.[2H]C([2H])([2H])C1([2H])N(C(=O)OC(C)(C)C)S(=O)(=O)OC1([2H])[2H]. The molecule has 62 heavy (non-hydrogen) atoms. The van der Waals surface area contributed by atoms with Gasteiger partial charge in [0.15, 0.2) is 0 Å². The summed E-state index contributed by atoms with van der Waals surface area (Å²) in [6.45, 7) is -4.64. The van der Waals surface area contributed by atoms with Gasteiger partial charge in [-0.3, -0.25) is 14.2 Å². The van der Waals surface area contributed by atoms with E-state index in [9.17, 15) is 27.6 Å². The van der Waals surface area contributed by atoms with Gasteiger partial charge in [-0.15, -0.1) is 22.7 Å². The van der Waals surface area contributed by atoms with Crippen LogP contribution in [0.25, 0.3) is 42.0 Å². The van der Waals surface area contributed by atoms with Gasteiger partial charge in [-0.25, -0.2) is 19.2 Å². The molecule has 1 aliphatic rings. The number of amides is 2. The molecule has 5 heterocycles. The van der Waals surface area contributed by atoms with E-state index in [2.05, 4.69) is 19.5 Å². The maximum atomic E-state index is 12.6. The van der Waals surface area contributed by atoms with Crippen LogP contribution in [0.1, 0.15) is 91.0 Å². The molecular formula is C42H50N6O11S3. The lowest BCUT2D eigenvalue weighted by Crippen LogP contribution is -2.41. The molecule has 0 radical (unpaired) electrons. The van der Waals surface area contributed by atoms with E-state index in [4.69, 9.17) is 41.1 Å². The van der Waals surface area contributed by atoms with Crippen molar-refractivity contribution in [2.24, 2.45) is 0 Å². The van der Waals surface area contributed by atoms with Gasteiger partial charge in [0.2, 0.25) is 0 Å². The average molecular weight is 923 g/mol. The number of thiophene rings is 2. The van der Waals surface area contributed by atoms with Crippen molar-refractivity contribution < 1.29 is 67.2 Å². The number of anilines is 2. The van der Waals surface area contributed by atoms with Crippen LogP contribution in [0, 0.1) is 0 Å². The van der Waals surface area contributed by atoms with Crippen LogP contribution in [-0.4, -0.2) is 97.3 Å². The van der Waals surface area contributed by atoms with Gasteiger partial charge in [-0.05, 0) is 91.6 Å². The number of nitrogens with one attached hydrogen (secondary N) is 2. The number of rotatable bonds is 6. The number of nitrogen functional groups attached to an aromatic ring is 1. The minimum Gasteiger partial charge on any atom is -0.465 e. The fourth-order valence-corrected chi connectivity index (χ4v) is 8.34. The molecule has 2 aromatic carbocycles. The molecule has 17 nitrogen and oxygen atoms in total. The highest BCUT2D eigenvalue weighted by Gasteiger charge is 2.42. The highest BCUT2D eigenvalue weighted by Crippen LogP contribution is 2.41. The molecule has 7 rings (SSSR count). The Morgan fingerprint density at radius 2 is 1.48 bits per heavy atom. The molecule has 0 aliphatic carbocycles. The number of hydrogen-bond donors (Lipinski definition) is 3. The van der Waals surface area contributed by atoms with Crippen LogP contribution >= 0.6 is 22.7 Å². The summed E-state index contributed by atoms with van der Waals surface area (Å²) in [4.78, 5) is 57.5. The zero-order valence-corrected chi connectivity index (χ0v) is 36.9. The summed E-state index contributed by atoms with van der Waals surface area (Å²) in [7, 11) is -2.61.